The maximum atomic E-state index is 3.53. The van der Waals surface area contributed by atoms with Gasteiger partial charge in [0.2, 0.25) is 0 Å². The van der Waals surface area contributed by atoms with Gasteiger partial charge in [-0.3, -0.25) is 0 Å². The Balaban J connectivity index is 2.37. The fourth-order valence-electron chi connectivity index (χ4n) is 2.84. The minimum atomic E-state index is 0.730. The predicted octanol–water partition coefficient (Wildman–Crippen LogP) is 3.84. The van der Waals surface area contributed by atoms with Gasteiger partial charge in [-0.2, -0.15) is 0 Å². The van der Waals surface area contributed by atoms with Gasteiger partial charge in [0.1, 0.15) is 0 Å². The lowest BCUT2D eigenvalue weighted by Gasteiger charge is -2.31. The van der Waals surface area contributed by atoms with Gasteiger partial charge >= 0.3 is 0 Å². The Morgan fingerprint density at radius 3 is 2.13 bits per heavy atom. The Bertz CT molecular complexity index is 159. The molecule has 0 heterocycles. The Labute approximate surface area is 96.0 Å². The smallest absolute Gasteiger partial charge is 0.00947 e. The van der Waals surface area contributed by atoms with Crippen molar-refractivity contribution >= 4 is 0 Å². The van der Waals surface area contributed by atoms with Crippen LogP contribution in [0.4, 0.5) is 0 Å². The molecule has 0 aromatic carbocycles. The summed E-state index contributed by atoms with van der Waals surface area (Å²) in [6.45, 7) is 7.08. The molecule has 1 N–H and O–H groups in total. The summed E-state index contributed by atoms with van der Waals surface area (Å²) < 4.78 is 0. The minimum Gasteiger partial charge on any atom is -0.317 e. The molecule has 2 atom stereocenters. The van der Waals surface area contributed by atoms with Crippen molar-refractivity contribution < 1.29 is 0 Å². The van der Waals surface area contributed by atoms with E-state index in [1.807, 2.05) is 0 Å². The van der Waals surface area contributed by atoms with Crippen molar-refractivity contribution in [3.05, 3.63) is 0 Å². The summed E-state index contributed by atoms with van der Waals surface area (Å²) in [5, 5.41) is 3.53. The zero-order valence-corrected chi connectivity index (χ0v) is 11.1. The van der Waals surface area contributed by atoms with Gasteiger partial charge in [-0.1, -0.05) is 52.9 Å². The normalized spacial score (nSPS) is 23.0. The summed E-state index contributed by atoms with van der Waals surface area (Å²) >= 11 is 0. The number of hydrogen-bond donors (Lipinski definition) is 1. The minimum absolute atomic E-state index is 0.730. The van der Waals surface area contributed by atoms with Crippen molar-refractivity contribution in [2.75, 3.05) is 7.05 Å². The lowest BCUT2D eigenvalue weighted by molar-refractivity contribution is 0.234. The number of rotatable bonds is 5. The van der Waals surface area contributed by atoms with E-state index < -0.39 is 0 Å². The van der Waals surface area contributed by atoms with E-state index in [2.05, 4.69) is 33.1 Å². The summed E-state index contributed by atoms with van der Waals surface area (Å²) in [6.07, 6.45) is 8.76. The Hall–Kier alpha value is -0.0400. The number of hydrogen-bond acceptors (Lipinski definition) is 1. The molecule has 0 spiro atoms. The zero-order chi connectivity index (χ0) is 11.3. The molecule has 90 valence electrons. The molecule has 0 bridgehead atoms. The van der Waals surface area contributed by atoms with Gasteiger partial charge in [0, 0.05) is 6.04 Å². The van der Waals surface area contributed by atoms with Gasteiger partial charge in [-0.05, 0) is 31.2 Å². The SMILES string of the molecule is CNC(CC1CCCCC1)C(C)C(C)C. The first kappa shape index (κ1) is 13.0. The Morgan fingerprint density at radius 2 is 1.67 bits per heavy atom. The monoisotopic (exact) mass is 211 g/mol. The van der Waals surface area contributed by atoms with Crippen molar-refractivity contribution in [1.82, 2.24) is 5.32 Å². The second-order valence-corrected chi connectivity index (χ2v) is 5.74. The third-order valence-corrected chi connectivity index (χ3v) is 4.37. The molecule has 0 radical (unpaired) electrons. The standard InChI is InChI=1S/C14H29N/c1-11(2)12(3)14(15-4)10-13-8-6-5-7-9-13/h11-15H,5-10H2,1-4H3. The van der Waals surface area contributed by atoms with Crippen molar-refractivity contribution in [2.24, 2.45) is 17.8 Å². The summed E-state index contributed by atoms with van der Waals surface area (Å²) in [5.41, 5.74) is 0. The molecule has 2 unspecified atom stereocenters. The van der Waals surface area contributed by atoms with Gasteiger partial charge in [-0.25, -0.2) is 0 Å². The average molecular weight is 211 g/mol. The first-order chi connectivity index (χ1) is 7.15. The van der Waals surface area contributed by atoms with Crippen molar-refractivity contribution in [2.45, 2.75) is 65.3 Å². The predicted molar refractivity (Wildman–Crippen MR) is 68.0 cm³/mol. The fraction of sp³-hybridized carbons (Fsp3) is 1.00. The highest BCUT2D eigenvalue weighted by Gasteiger charge is 2.23. The molecule has 0 amide bonds. The summed E-state index contributed by atoms with van der Waals surface area (Å²) in [6, 6.07) is 0.730. The van der Waals surface area contributed by atoms with Crippen LogP contribution in [0.15, 0.2) is 0 Å². The van der Waals surface area contributed by atoms with Gasteiger partial charge in [0.15, 0.2) is 0 Å². The lowest BCUT2D eigenvalue weighted by atomic mass is 9.79. The van der Waals surface area contributed by atoms with Gasteiger partial charge in [-0.15, -0.1) is 0 Å². The topological polar surface area (TPSA) is 12.0 Å². The van der Waals surface area contributed by atoms with E-state index in [0.717, 1.165) is 23.8 Å². The van der Waals surface area contributed by atoms with E-state index >= 15 is 0 Å². The molecule has 1 heteroatoms. The third-order valence-electron chi connectivity index (χ3n) is 4.37. The van der Waals surface area contributed by atoms with Crippen LogP contribution in [0.3, 0.4) is 0 Å². The van der Waals surface area contributed by atoms with E-state index in [-0.39, 0.29) is 0 Å². The highest BCUT2D eigenvalue weighted by Crippen LogP contribution is 2.30. The molecular formula is C14H29N. The quantitative estimate of drug-likeness (QED) is 0.728. The third kappa shape index (κ3) is 4.14. The highest BCUT2D eigenvalue weighted by atomic mass is 14.9. The van der Waals surface area contributed by atoms with E-state index in [1.54, 1.807) is 0 Å². The molecule has 0 aliphatic heterocycles. The molecule has 1 fully saturated rings. The molecule has 0 aromatic rings. The van der Waals surface area contributed by atoms with E-state index in [1.165, 1.54) is 38.5 Å². The molecule has 1 saturated carbocycles. The molecule has 15 heavy (non-hydrogen) atoms. The van der Waals surface area contributed by atoms with Gasteiger partial charge in [0.05, 0.1) is 0 Å². The first-order valence-corrected chi connectivity index (χ1v) is 6.82. The van der Waals surface area contributed by atoms with Crippen molar-refractivity contribution in [3.8, 4) is 0 Å². The zero-order valence-electron chi connectivity index (χ0n) is 11.1. The van der Waals surface area contributed by atoms with Crippen LogP contribution in [-0.4, -0.2) is 13.1 Å². The highest BCUT2D eigenvalue weighted by molar-refractivity contribution is 4.79. The molecule has 1 rings (SSSR count). The van der Waals surface area contributed by atoms with Crippen LogP contribution in [-0.2, 0) is 0 Å². The van der Waals surface area contributed by atoms with Crippen LogP contribution in [0, 0.1) is 17.8 Å². The second kappa shape index (κ2) is 6.52. The Morgan fingerprint density at radius 1 is 1.07 bits per heavy atom. The summed E-state index contributed by atoms with van der Waals surface area (Å²) in [4.78, 5) is 0. The molecule has 1 aliphatic rings. The molecular weight excluding hydrogens is 182 g/mol. The molecule has 1 aliphatic carbocycles. The fourth-order valence-corrected chi connectivity index (χ4v) is 2.84. The first-order valence-electron chi connectivity index (χ1n) is 6.82. The van der Waals surface area contributed by atoms with Crippen LogP contribution >= 0.6 is 0 Å². The maximum Gasteiger partial charge on any atom is 0.00947 e. The largest absolute Gasteiger partial charge is 0.317 e. The lowest BCUT2D eigenvalue weighted by Crippen LogP contribution is -2.36. The van der Waals surface area contributed by atoms with Crippen molar-refractivity contribution in [1.29, 1.82) is 0 Å². The maximum absolute atomic E-state index is 3.53. The summed E-state index contributed by atoms with van der Waals surface area (Å²) in [5.74, 6) is 2.60. The van der Waals surface area contributed by atoms with Crippen LogP contribution in [0.5, 0.6) is 0 Å². The molecule has 0 aromatic heterocycles. The average Bonchev–Trinajstić information content (AvgIpc) is 2.26. The summed E-state index contributed by atoms with van der Waals surface area (Å²) in [7, 11) is 2.13. The van der Waals surface area contributed by atoms with Gasteiger partial charge in [0.25, 0.3) is 0 Å². The van der Waals surface area contributed by atoms with Crippen LogP contribution in [0.1, 0.15) is 59.3 Å². The van der Waals surface area contributed by atoms with Gasteiger partial charge < -0.3 is 5.32 Å². The second-order valence-electron chi connectivity index (χ2n) is 5.74. The van der Waals surface area contributed by atoms with Crippen LogP contribution < -0.4 is 5.32 Å². The Kier molecular flexibility index (Phi) is 5.66. The van der Waals surface area contributed by atoms with Crippen molar-refractivity contribution in [3.63, 3.8) is 0 Å². The molecule has 0 saturated heterocycles. The molecule has 1 nitrogen and oxygen atoms in total. The van der Waals surface area contributed by atoms with E-state index in [4.69, 9.17) is 0 Å². The van der Waals surface area contributed by atoms with E-state index in [9.17, 15) is 0 Å². The van der Waals surface area contributed by atoms with Crippen LogP contribution in [0.2, 0.25) is 0 Å². The number of nitrogens with one attached hydrogen (secondary N) is 1. The van der Waals surface area contributed by atoms with E-state index in [0.29, 0.717) is 0 Å². The van der Waals surface area contributed by atoms with Crippen LogP contribution in [0.25, 0.3) is 0 Å².